The van der Waals surface area contributed by atoms with Crippen LogP contribution in [-0.2, 0) is 19.0 Å². The number of carbonyl (C=O) groups is 1. The second-order valence-electron chi connectivity index (χ2n) is 8.13. The van der Waals surface area contributed by atoms with Crippen LogP contribution in [0.5, 0.6) is 0 Å². The fourth-order valence-electron chi connectivity index (χ4n) is 4.52. The van der Waals surface area contributed by atoms with Crippen LogP contribution in [0.1, 0.15) is 52.9 Å². The molecule has 0 aromatic rings. The third kappa shape index (κ3) is 2.40. The molecule has 0 N–H and O–H groups in total. The maximum atomic E-state index is 12.4. The second-order valence-corrected chi connectivity index (χ2v) is 8.13. The first kappa shape index (κ1) is 14.0. The molecule has 4 aliphatic rings. The van der Waals surface area contributed by atoms with E-state index in [-0.39, 0.29) is 29.2 Å². The Labute approximate surface area is 126 Å². The van der Waals surface area contributed by atoms with E-state index in [4.69, 9.17) is 14.2 Å². The highest BCUT2D eigenvalue weighted by molar-refractivity contribution is 5.73. The van der Waals surface area contributed by atoms with Crippen molar-refractivity contribution in [1.82, 2.24) is 0 Å². The summed E-state index contributed by atoms with van der Waals surface area (Å²) in [5.41, 5.74) is 0.194. The zero-order chi connectivity index (χ0) is 14.8. The fraction of sp³-hybridized carbons (Fsp3) is 0.941. The van der Waals surface area contributed by atoms with E-state index in [2.05, 4.69) is 20.8 Å². The molecule has 4 nitrogen and oxygen atoms in total. The molecule has 0 aromatic carbocycles. The van der Waals surface area contributed by atoms with E-state index in [1.165, 1.54) is 0 Å². The van der Waals surface area contributed by atoms with Crippen LogP contribution in [0.15, 0.2) is 0 Å². The second kappa shape index (κ2) is 4.45. The summed E-state index contributed by atoms with van der Waals surface area (Å²) in [6, 6.07) is 0. The van der Waals surface area contributed by atoms with Crippen LogP contribution in [0.25, 0.3) is 0 Å². The summed E-state index contributed by atoms with van der Waals surface area (Å²) in [6.45, 7) is 7.07. The highest BCUT2D eigenvalue weighted by Crippen LogP contribution is 2.52. The highest BCUT2D eigenvalue weighted by Gasteiger charge is 2.59. The molecule has 118 valence electrons. The van der Waals surface area contributed by atoms with Gasteiger partial charge in [0.2, 0.25) is 0 Å². The zero-order valence-electron chi connectivity index (χ0n) is 13.3. The van der Waals surface area contributed by atoms with Crippen LogP contribution < -0.4 is 0 Å². The minimum absolute atomic E-state index is 0.00917. The maximum Gasteiger partial charge on any atom is 0.309 e. The smallest absolute Gasteiger partial charge is 0.309 e. The van der Waals surface area contributed by atoms with E-state index in [0.29, 0.717) is 24.5 Å². The minimum atomic E-state index is -0.00917. The fourth-order valence-corrected chi connectivity index (χ4v) is 4.52. The Kier molecular flexibility index (Phi) is 2.97. The van der Waals surface area contributed by atoms with Gasteiger partial charge < -0.3 is 14.2 Å². The summed E-state index contributed by atoms with van der Waals surface area (Å²) in [5, 5.41) is 0. The van der Waals surface area contributed by atoms with E-state index in [0.717, 1.165) is 32.1 Å². The van der Waals surface area contributed by atoms with Gasteiger partial charge in [0, 0.05) is 0 Å². The Morgan fingerprint density at radius 2 is 1.90 bits per heavy atom. The number of rotatable bonds is 3. The number of carbonyl (C=O) groups excluding carboxylic acids is 1. The molecule has 0 bridgehead atoms. The molecule has 0 amide bonds. The Morgan fingerprint density at radius 3 is 2.67 bits per heavy atom. The Bertz CT molecular complexity index is 464. The third-order valence-electron chi connectivity index (χ3n) is 6.31. The average Bonchev–Trinajstić information content (AvgIpc) is 3.27. The largest absolute Gasteiger partial charge is 0.465 e. The van der Waals surface area contributed by atoms with Crippen LogP contribution in [0.2, 0.25) is 0 Å². The quantitative estimate of drug-likeness (QED) is 0.593. The van der Waals surface area contributed by atoms with Gasteiger partial charge in [0.25, 0.3) is 0 Å². The van der Waals surface area contributed by atoms with Crippen LogP contribution >= 0.6 is 0 Å². The molecule has 2 heterocycles. The molecule has 0 aromatic heterocycles. The molecule has 2 aliphatic carbocycles. The average molecular weight is 294 g/mol. The van der Waals surface area contributed by atoms with E-state index < -0.39 is 0 Å². The Balaban J connectivity index is 1.26. The highest BCUT2D eigenvalue weighted by atomic mass is 16.6. The summed E-state index contributed by atoms with van der Waals surface area (Å²) in [5.74, 6) is 0.861. The molecular formula is C17H26O4. The lowest BCUT2D eigenvalue weighted by Crippen LogP contribution is -2.35. The van der Waals surface area contributed by atoms with Gasteiger partial charge in [-0.2, -0.15) is 0 Å². The first-order valence-corrected chi connectivity index (χ1v) is 8.42. The van der Waals surface area contributed by atoms with Crippen molar-refractivity contribution in [2.45, 2.75) is 76.3 Å². The molecule has 2 saturated carbocycles. The van der Waals surface area contributed by atoms with Gasteiger partial charge in [-0.3, -0.25) is 4.79 Å². The molecule has 4 fully saturated rings. The van der Waals surface area contributed by atoms with Crippen LogP contribution in [0, 0.1) is 17.8 Å². The standard InChI is InChI=1S/C17H26O4/c1-10-8-17(3)14(21-17)7-12(10)15(18)19-9-11-4-5-16(2)13(6-11)20-16/h10-14H,4-9H2,1-3H3. The van der Waals surface area contributed by atoms with Gasteiger partial charge in [0.05, 0.1) is 35.9 Å². The van der Waals surface area contributed by atoms with E-state index in [1.807, 2.05) is 0 Å². The number of fused-ring (bicyclic) bond motifs is 2. The van der Waals surface area contributed by atoms with E-state index in [9.17, 15) is 4.79 Å². The maximum absolute atomic E-state index is 12.4. The molecule has 7 atom stereocenters. The van der Waals surface area contributed by atoms with Crippen molar-refractivity contribution in [2.24, 2.45) is 17.8 Å². The molecule has 2 aliphatic heterocycles. The van der Waals surface area contributed by atoms with E-state index >= 15 is 0 Å². The first-order chi connectivity index (χ1) is 9.90. The molecule has 4 rings (SSSR count). The lowest BCUT2D eigenvalue weighted by atomic mass is 9.75. The lowest BCUT2D eigenvalue weighted by molar-refractivity contribution is -0.153. The zero-order valence-corrected chi connectivity index (χ0v) is 13.3. The number of ether oxygens (including phenoxy) is 3. The molecule has 0 radical (unpaired) electrons. The van der Waals surface area contributed by atoms with Crippen molar-refractivity contribution >= 4 is 5.97 Å². The summed E-state index contributed by atoms with van der Waals surface area (Å²) in [7, 11) is 0. The summed E-state index contributed by atoms with van der Waals surface area (Å²) >= 11 is 0. The predicted molar refractivity (Wildman–Crippen MR) is 76.7 cm³/mol. The molecule has 21 heavy (non-hydrogen) atoms. The van der Waals surface area contributed by atoms with Gasteiger partial charge >= 0.3 is 5.97 Å². The van der Waals surface area contributed by atoms with Crippen LogP contribution in [0.3, 0.4) is 0 Å². The van der Waals surface area contributed by atoms with Crippen molar-refractivity contribution in [3.63, 3.8) is 0 Å². The van der Waals surface area contributed by atoms with Crippen molar-refractivity contribution < 1.29 is 19.0 Å². The number of esters is 1. The predicted octanol–water partition coefficient (Wildman–Crippen LogP) is 2.69. The van der Waals surface area contributed by atoms with Crippen molar-refractivity contribution in [1.29, 1.82) is 0 Å². The monoisotopic (exact) mass is 294 g/mol. The van der Waals surface area contributed by atoms with Crippen molar-refractivity contribution in [3.8, 4) is 0 Å². The molecular weight excluding hydrogens is 268 g/mol. The van der Waals surface area contributed by atoms with Gasteiger partial charge in [-0.05, 0) is 57.8 Å². The third-order valence-corrected chi connectivity index (χ3v) is 6.31. The summed E-state index contributed by atoms with van der Waals surface area (Å²) < 4.78 is 17.1. The number of epoxide rings is 2. The van der Waals surface area contributed by atoms with Crippen molar-refractivity contribution in [3.05, 3.63) is 0 Å². The van der Waals surface area contributed by atoms with Crippen LogP contribution in [0.4, 0.5) is 0 Å². The Morgan fingerprint density at radius 1 is 1.19 bits per heavy atom. The van der Waals surface area contributed by atoms with Gasteiger partial charge in [-0.25, -0.2) is 0 Å². The van der Waals surface area contributed by atoms with Gasteiger partial charge in [0.15, 0.2) is 0 Å². The number of hydrogen-bond donors (Lipinski definition) is 0. The molecule has 2 saturated heterocycles. The summed E-state index contributed by atoms with van der Waals surface area (Å²) in [4.78, 5) is 12.4. The normalized spacial score (nSPS) is 54.3. The SMILES string of the molecule is CC1CC2(C)OC2CC1C(=O)OCC1CCC2(C)OC2C1. The van der Waals surface area contributed by atoms with Crippen LogP contribution in [-0.4, -0.2) is 36.0 Å². The van der Waals surface area contributed by atoms with Gasteiger partial charge in [-0.15, -0.1) is 0 Å². The molecule has 0 spiro atoms. The molecule has 7 unspecified atom stereocenters. The minimum Gasteiger partial charge on any atom is -0.465 e. The van der Waals surface area contributed by atoms with Gasteiger partial charge in [-0.1, -0.05) is 6.92 Å². The number of hydrogen-bond acceptors (Lipinski definition) is 4. The lowest BCUT2D eigenvalue weighted by Gasteiger charge is -2.29. The van der Waals surface area contributed by atoms with Crippen molar-refractivity contribution in [2.75, 3.05) is 6.61 Å². The van der Waals surface area contributed by atoms with E-state index in [1.54, 1.807) is 0 Å². The first-order valence-electron chi connectivity index (χ1n) is 8.42. The molecule has 4 heteroatoms. The summed E-state index contributed by atoms with van der Waals surface area (Å²) in [6.07, 6.45) is 5.78. The Hall–Kier alpha value is -0.610. The van der Waals surface area contributed by atoms with Gasteiger partial charge in [0.1, 0.15) is 0 Å². The topological polar surface area (TPSA) is 51.4 Å².